The van der Waals surface area contributed by atoms with E-state index in [0.29, 0.717) is 11.1 Å². The quantitative estimate of drug-likeness (QED) is 0.554. The fourth-order valence-electron chi connectivity index (χ4n) is 2.38. The minimum Gasteiger partial charge on any atom is -0.370 e. The largest absolute Gasteiger partial charge is 0.370 e. The molecule has 1 rings (SSSR count). The first-order valence-corrected chi connectivity index (χ1v) is 8.03. The molecule has 0 radical (unpaired) electrons. The van der Waals surface area contributed by atoms with Gasteiger partial charge in [-0.1, -0.05) is 62.7 Å². The van der Waals surface area contributed by atoms with Crippen molar-refractivity contribution in [2.45, 2.75) is 58.4 Å². The Bertz CT molecular complexity index is 371. The normalized spacial score (nSPS) is 11.1. The highest BCUT2D eigenvalue weighted by Gasteiger charge is 2.16. The number of unbranched alkanes of at least 4 members (excludes halogenated alkanes) is 2. The van der Waals surface area contributed by atoms with Gasteiger partial charge in [-0.2, -0.15) is 0 Å². The highest BCUT2D eigenvalue weighted by atomic mass is 35.5. The maximum Gasteiger partial charge on any atom is 0.0654 e. The van der Waals surface area contributed by atoms with Crippen LogP contribution in [0.15, 0.2) is 18.2 Å². The molecule has 0 saturated heterocycles. The van der Waals surface area contributed by atoms with Crippen LogP contribution in [-0.2, 0) is 0 Å². The summed E-state index contributed by atoms with van der Waals surface area (Å²) in [5, 5.41) is 1.44. The molecule has 0 bridgehead atoms. The number of hydrogen-bond donors (Lipinski definition) is 0. The fourth-order valence-corrected chi connectivity index (χ4v) is 2.92. The lowest BCUT2D eigenvalue weighted by atomic mass is 10.0. The minimum absolute atomic E-state index is 0.568. The van der Waals surface area contributed by atoms with Crippen LogP contribution in [0.1, 0.15) is 52.4 Å². The summed E-state index contributed by atoms with van der Waals surface area (Å²) in [6, 6.07) is 6.33. The van der Waals surface area contributed by atoms with Crippen molar-refractivity contribution in [3.8, 4) is 0 Å². The number of rotatable bonds is 8. The molecular weight excluding hydrogens is 277 g/mol. The molecule has 19 heavy (non-hydrogen) atoms. The van der Waals surface area contributed by atoms with Crippen LogP contribution in [-0.4, -0.2) is 13.1 Å². The van der Waals surface area contributed by atoms with E-state index in [9.17, 15) is 0 Å². The van der Waals surface area contributed by atoms with Crippen molar-refractivity contribution in [1.29, 1.82) is 0 Å². The third kappa shape index (κ3) is 5.24. The Kier molecular flexibility index (Phi) is 7.63. The maximum atomic E-state index is 6.31. The Morgan fingerprint density at radius 1 is 1.05 bits per heavy atom. The molecule has 1 aromatic carbocycles. The molecular formula is C16H25Cl2N. The summed E-state index contributed by atoms with van der Waals surface area (Å²) in [6.07, 6.45) is 7.47. The maximum absolute atomic E-state index is 6.31. The van der Waals surface area contributed by atoms with Gasteiger partial charge in [0.1, 0.15) is 0 Å². The van der Waals surface area contributed by atoms with Crippen molar-refractivity contribution in [3.05, 3.63) is 28.2 Å². The van der Waals surface area contributed by atoms with Crippen LogP contribution in [0.5, 0.6) is 0 Å². The van der Waals surface area contributed by atoms with Crippen molar-refractivity contribution in [1.82, 2.24) is 0 Å². The molecule has 0 unspecified atom stereocenters. The predicted molar refractivity (Wildman–Crippen MR) is 87.7 cm³/mol. The van der Waals surface area contributed by atoms with Gasteiger partial charge < -0.3 is 4.90 Å². The van der Waals surface area contributed by atoms with E-state index in [1.165, 1.54) is 38.5 Å². The molecule has 0 heterocycles. The van der Waals surface area contributed by atoms with Crippen LogP contribution in [0, 0.1) is 0 Å². The summed E-state index contributed by atoms with van der Waals surface area (Å²) >= 11 is 12.3. The topological polar surface area (TPSA) is 3.24 Å². The smallest absolute Gasteiger partial charge is 0.0654 e. The van der Waals surface area contributed by atoms with E-state index in [2.05, 4.69) is 25.8 Å². The molecule has 0 aliphatic heterocycles. The summed E-state index contributed by atoms with van der Waals surface area (Å²) in [5.41, 5.74) is 1.09. The Morgan fingerprint density at radius 3 is 2.11 bits per heavy atom. The SMILES string of the molecule is CCCCC(CCCC)N(C)c1ccc(Cl)cc1Cl. The average molecular weight is 302 g/mol. The average Bonchev–Trinajstić information content (AvgIpc) is 2.38. The zero-order valence-electron chi connectivity index (χ0n) is 12.3. The van der Waals surface area contributed by atoms with Gasteiger partial charge in [0.2, 0.25) is 0 Å². The molecule has 0 spiro atoms. The van der Waals surface area contributed by atoms with E-state index in [4.69, 9.17) is 23.2 Å². The van der Waals surface area contributed by atoms with E-state index >= 15 is 0 Å². The summed E-state index contributed by atoms with van der Waals surface area (Å²) in [6.45, 7) is 4.48. The Morgan fingerprint density at radius 2 is 1.63 bits per heavy atom. The van der Waals surface area contributed by atoms with E-state index in [1.54, 1.807) is 0 Å². The lowest BCUT2D eigenvalue weighted by molar-refractivity contribution is 0.499. The fraction of sp³-hybridized carbons (Fsp3) is 0.625. The van der Waals surface area contributed by atoms with Crippen LogP contribution in [0.3, 0.4) is 0 Å². The van der Waals surface area contributed by atoms with Gasteiger partial charge in [0, 0.05) is 18.1 Å². The second-order valence-corrected chi connectivity index (χ2v) is 5.99. The molecule has 0 atom stereocenters. The zero-order chi connectivity index (χ0) is 14.3. The van der Waals surface area contributed by atoms with Crippen molar-refractivity contribution >= 4 is 28.9 Å². The third-order valence-electron chi connectivity index (χ3n) is 3.62. The van der Waals surface area contributed by atoms with Crippen molar-refractivity contribution in [2.24, 2.45) is 0 Å². The Hall–Kier alpha value is -0.400. The van der Waals surface area contributed by atoms with Crippen LogP contribution in [0.2, 0.25) is 10.0 Å². The van der Waals surface area contributed by atoms with Gasteiger partial charge in [-0.15, -0.1) is 0 Å². The lowest BCUT2D eigenvalue weighted by Crippen LogP contribution is -2.31. The molecule has 1 nitrogen and oxygen atoms in total. The van der Waals surface area contributed by atoms with E-state index in [-0.39, 0.29) is 0 Å². The summed E-state index contributed by atoms with van der Waals surface area (Å²) < 4.78 is 0. The molecule has 0 fully saturated rings. The molecule has 0 amide bonds. The lowest BCUT2D eigenvalue weighted by Gasteiger charge is -2.31. The van der Waals surface area contributed by atoms with Gasteiger partial charge in [0.15, 0.2) is 0 Å². The second kappa shape index (κ2) is 8.71. The number of hydrogen-bond acceptors (Lipinski definition) is 1. The van der Waals surface area contributed by atoms with Crippen LogP contribution >= 0.6 is 23.2 Å². The predicted octanol–water partition coefficient (Wildman–Crippen LogP) is 6.18. The van der Waals surface area contributed by atoms with Crippen LogP contribution in [0.25, 0.3) is 0 Å². The van der Waals surface area contributed by atoms with E-state index in [0.717, 1.165) is 10.7 Å². The monoisotopic (exact) mass is 301 g/mol. The van der Waals surface area contributed by atoms with Gasteiger partial charge in [0.25, 0.3) is 0 Å². The summed E-state index contributed by atoms with van der Waals surface area (Å²) in [5.74, 6) is 0. The van der Waals surface area contributed by atoms with Gasteiger partial charge in [-0.25, -0.2) is 0 Å². The Balaban J connectivity index is 2.80. The van der Waals surface area contributed by atoms with E-state index in [1.807, 2.05) is 18.2 Å². The van der Waals surface area contributed by atoms with Gasteiger partial charge in [0.05, 0.1) is 10.7 Å². The first kappa shape index (κ1) is 16.7. The Labute approximate surface area is 127 Å². The number of anilines is 1. The van der Waals surface area contributed by atoms with Crippen LogP contribution in [0.4, 0.5) is 5.69 Å². The van der Waals surface area contributed by atoms with E-state index < -0.39 is 0 Å². The minimum atomic E-state index is 0.568. The highest BCUT2D eigenvalue weighted by molar-refractivity contribution is 6.36. The molecule has 108 valence electrons. The summed E-state index contributed by atoms with van der Waals surface area (Å²) in [4.78, 5) is 2.32. The summed E-state index contributed by atoms with van der Waals surface area (Å²) in [7, 11) is 2.14. The van der Waals surface area contributed by atoms with Crippen molar-refractivity contribution in [2.75, 3.05) is 11.9 Å². The van der Waals surface area contributed by atoms with Gasteiger partial charge in [-0.3, -0.25) is 0 Å². The number of nitrogens with zero attached hydrogens (tertiary/aromatic N) is 1. The molecule has 0 saturated carbocycles. The van der Waals surface area contributed by atoms with Crippen LogP contribution < -0.4 is 4.90 Å². The number of halogens is 2. The van der Waals surface area contributed by atoms with Gasteiger partial charge in [-0.05, 0) is 31.0 Å². The highest BCUT2D eigenvalue weighted by Crippen LogP contribution is 2.31. The van der Waals surface area contributed by atoms with Crippen molar-refractivity contribution in [3.63, 3.8) is 0 Å². The second-order valence-electron chi connectivity index (χ2n) is 5.14. The van der Waals surface area contributed by atoms with Gasteiger partial charge >= 0.3 is 0 Å². The number of benzene rings is 1. The molecule has 3 heteroatoms. The standard InChI is InChI=1S/C16H25Cl2N/c1-4-6-8-14(9-7-5-2)19(3)16-11-10-13(17)12-15(16)18/h10-12,14H,4-9H2,1-3H3. The molecule has 0 aliphatic carbocycles. The molecule has 0 aliphatic rings. The first-order valence-electron chi connectivity index (χ1n) is 7.28. The molecule has 1 aromatic rings. The molecule has 0 aromatic heterocycles. The molecule has 0 N–H and O–H groups in total. The zero-order valence-corrected chi connectivity index (χ0v) is 13.8. The van der Waals surface area contributed by atoms with Crippen molar-refractivity contribution < 1.29 is 0 Å². The first-order chi connectivity index (χ1) is 9.10. The third-order valence-corrected chi connectivity index (χ3v) is 4.16.